The monoisotopic (exact) mass is 231 g/mol. The highest BCUT2D eigenvalue weighted by Gasteiger charge is 1.97. The fraction of sp³-hybridized carbons (Fsp3) is 0.154. The van der Waals surface area contributed by atoms with Gasteiger partial charge in [0.1, 0.15) is 10.4 Å². The quantitative estimate of drug-likeness (QED) is 0.812. The minimum atomic E-state index is 0.688. The van der Waals surface area contributed by atoms with Crippen LogP contribution in [0.2, 0.25) is 0 Å². The normalized spacial score (nSPS) is 10.1. The maximum absolute atomic E-state index is 5.39. The molecule has 1 aromatic carbocycles. The van der Waals surface area contributed by atoms with Crippen LogP contribution in [0.5, 0.6) is 5.75 Å². The fourth-order valence-corrected chi connectivity index (χ4v) is 1.70. The Balaban J connectivity index is 2.31. The van der Waals surface area contributed by atoms with Crippen LogP contribution in [0.4, 0.5) is 0 Å². The number of pyridine rings is 1. The van der Waals surface area contributed by atoms with Crippen LogP contribution in [-0.2, 0) is 0 Å². The number of hydrogen-bond donors (Lipinski definition) is 1. The van der Waals surface area contributed by atoms with E-state index in [9.17, 15) is 0 Å². The van der Waals surface area contributed by atoms with Crippen LogP contribution >= 0.6 is 12.2 Å². The molecule has 0 aliphatic rings. The van der Waals surface area contributed by atoms with Crippen molar-refractivity contribution in [2.45, 2.75) is 6.92 Å². The number of ether oxygens (including phenoxy) is 1. The summed E-state index contributed by atoms with van der Waals surface area (Å²) in [5, 5.41) is 0. The van der Waals surface area contributed by atoms with Gasteiger partial charge in [-0.1, -0.05) is 18.3 Å². The largest absolute Gasteiger partial charge is 0.494 e. The second-order valence-electron chi connectivity index (χ2n) is 3.39. The number of hydrogen-bond acceptors (Lipinski definition) is 2. The van der Waals surface area contributed by atoms with E-state index < -0.39 is 0 Å². The first-order valence-electron chi connectivity index (χ1n) is 5.22. The molecule has 0 saturated heterocycles. The molecular formula is C13H13NOS. The van der Waals surface area contributed by atoms with E-state index in [-0.39, 0.29) is 0 Å². The average molecular weight is 231 g/mol. The summed E-state index contributed by atoms with van der Waals surface area (Å²) in [5.41, 5.74) is 2.13. The van der Waals surface area contributed by atoms with E-state index in [4.69, 9.17) is 17.0 Å². The maximum Gasteiger partial charge on any atom is 0.119 e. The topological polar surface area (TPSA) is 25.0 Å². The smallest absolute Gasteiger partial charge is 0.119 e. The molecule has 1 N–H and O–H groups in total. The standard InChI is InChI=1S/C13H13NOS/c1-2-15-11-8-6-10(7-9-11)12-4-3-5-13(16)14-12/h3-9H,2H2,1H3,(H,14,16). The summed E-state index contributed by atoms with van der Waals surface area (Å²) in [6.45, 7) is 2.66. The number of aromatic amines is 1. The van der Waals surface area contributed by atoms with Gasteiger partial charge in [-0.05, 0) is 48.9 Å². The lowest BCUT2D eigenvalue weighted by Crippen LogP contribution is -1.91. The molecule has 0 aliphatic heterocycles. The molecule has 1 heterocycles. The third-order valence-corrected chi connectivity index (χ3v) is 2.48. The van der Waals surface area contributed by atoms with Crippen molar-refractivity contribution < 1.29 is 4.74 Å². The van der Waals surface area contributed by atoms with E-state index in [2.05, 4.69) is 4.98 Å². The van der Waals surface area contributed by atoms with Crippen LogP contribution in [0.15, 0.2) is 42.5 Å². The van der Waals surface area contributed by atoms with Gasteiger partial charge in [0.2, 0.25) is 0 Å². The van der Waals surface area contributed by atoms with Crippen molar-refractivity contribution in [1.29, 1.82) is 0 Å². The van der Waals surface area contributed by atoms with Gasteiger partial charge < -0.3 is 9.72 Å². The molecule has 0 unspecified atom stereocenters. The number of nitrogens with one attached hydrogen (secondary N) is 1. The Morgan fingerprint density at radius 2 is 1.88 bits per heavy atom. The summed E-state index contributed by atoms with van der Waals surface area (Å²) in [7, 11) is 0. The van der Waals surface area contributed by atoms with Gasteiger partial charge in [0.05, 0.1) is 6.61 Å². The first kappa shape index (κ1) is 10.9. The first-order valence-corrected chi connectivity index (χ1v) is 5.63. The van der Waals surface area contributed by atoms with Gasteiger partial charge in [-0.2, -0.15) is 0 Å². The van der Waals surface area contributed by atoms with E-state index in [1.54, 1.807) is 0 Å². The predicted octanol–water partition coefficient (Wildman–Crippen LogP) is 3.81. The Morgan fingerprint density at radius 3 is 2.50 bits per heavy atom. The number of benzene rings is 1. The van der Waals surface area contributed by atoms with Crippen molar-refractivity contribution in [3.8, 4) is 17.0 Å². The molecule has 1 aromatic heterocycles. The third kappa shape index (κ3) is 2.49. The van der Waals surface area contributed by atoms with Crippen molar-refractivity contribution in [3.05, 3.63) is 47.1 Å². The van der Waals surface area contributed by atoms with Gasteiger partial charge in [0.15, 0.2) is 0 Å². The van der Waals surface area contributed by atoms with Crippen molar-refractivity contribution in [2.24, 2.45) is 0 Å². The van der Waals surface area contributed by atoms with Gasteiger partial charge in [-0.3, -0.25) is 0 Å². The van der Waals surface area contributed by atoms with Crippen LogP contribution in [0.25, 0.3) is 11.3 Å². The molecule has 2 rings (SSSR count). The third-order valence-electron chi connectivity index (χ3n) is 2.24. The number of rotatable bonds is 3. The molecule has 0 spiro atoms. The van der Waals surface area contributed by atoms with E-state index >= 15 is 0 Å². The van der Waals surface area contributed by atoms with E-state index in [1.807, 2.05) is 49.4 Å². The second kappa shape index (κ2) is 4.94. The minimum absolute atomic E-state index is 0.688. The van der Waals surface area contributed by atoms with E-state index in [0.717, 1.165) is 21.6 Å². The summed E-state index contributed by atoms with van der Waals surface area (Å²) in [5.74, 6) is 0.890. The predicted molar refractivity (Wildman–Crippen MR) is 68.2 cm³/mol. The number of aromatic nitrogens is 1. The molecule has 82 valence electrons. The van der Waals surface area contributed by atoms with Crippen LogP contribution in [-0.4, -0.2) is 11.6 Å². The van der Waals surface area contributed by atoms with E-state index in [0.29, 0.717) is 6.61 Å². The lowest BCUT2D eigenvalue weighted by Gasteiger charge is -2.05. The SMILES string of the molecule is CCOc1ccc(-c2cccc(=S)[nH]2)cc1. The highest BCUT2D eigenvalue weighted by molar-refractivity contribution is 7.71. The molecule has 0 atom stereocenters. The summed E-state index contributed by atoms with van der Waals surface area (Å²) >= 11 is 5.09. The fourth-order valence-electron chi connectivity index (χ4n) is 1.51. The lowest BCUT2D eigenvalue weighted by atomic mass is 10.1. The maximum atomic E-state index is 5.39. The minimum Gasteiger partial charge on any atom is -0.494 e. The van der Waals surface area contributed by atoms with Crippen molar-refractivity contribution in [3.63, 3.8) is 0 Å². The zero-order valence-corrected chi connectivity index (χ0v) is 9.88. The molecule has 3 heteroatoms. The Bertz CT molecular complexity index is 516. The molecule has 0 bridgehead atoms. The number of H-pyrrole nitrogens is 1. The Kier molecular flexibility index (Phi) is 3.37. The van der Waals surface area contributed by atoms with Crippen LogP contribution in [0.1, 0.15) is 6.92 Å². The van der Waals surface area contributed by atoms with Crippen molar-refractivity contribution in [2.75, 3.05) is 6.61 Å². The average Bonchev–Trinajstić information content (AvgIpc) is 2.30. The van der Waals surface area contributed by atoms with Crippen molar-refractivity contribution >= 4 is 12.2 Å². The first-order chi connectivity index (χ1) is 7.79. The van der Waals surface area contributed by atoms with Gasteiger partial charge in [-0.15, -0.1) is 0 Å². The molecule has 16 heavy (non-hydrogen) atoms. The highest BCUT2D eigenvalue weighted by atomic mass is 32.1. The van der Waals surface area contributed by atoms with Gasteiger partial charge in [-0.25, -0.2) is 0 Å². The molecule has 0 saturated carbocycles. The zero-order chi connectivity index (χ0) is 11.4. The molecule has 0 fully saturated rings. The van der Waals surface area contributed by atoms with Crippen molar-refractivity contribution in [1.82, 2.24) is 4.98 Å². The molecule has 0 radical (unpaired) electrons. The van der Waals surface area contributed by atoms with E-state index in [1.165, 1.54) is 0 Å². The molecular weight excluding hydrogens is 218 g/mol. The van der Waals surface area contributed by atoms with Crippen LogP contribution < -0.4 is 4.74 Å². The Labute approximate surface area is 99.9 Å². The van der Waals surface area contributed by atoms with Gasteiger partial charge in [0.25, 0.3) is 0 Å². The summed E-state index contributed by atoms with van der Waals surface area (Å²) in [6.07, 6.45) is 0. The summed E-state index contributed by atoms with van der Waals surface area (Å²) in [6, 6.07) is 13.8. The van der Waals surface area contributed by atoms with Gasteiger partial charge in [0, 0.05) is 5.69 Å². The highest BCUT2D eigenvalue weighted by Crippen LogP contribution is 2.20. The lowest BCUT2D eigenvalue weighted by molar-refractivity contribution is 0.340. The molecule has 0 amide bonds. The second-order valence-corrected chi connectivity index (χ2v) is 3.83. The molecule has 2 nitrogen and oxygen atoms in total. The zero-order valence-electron chi connectivity index (χ0n) is 9.07. The molecule has 0 aliphatic carbocycles. The van der Waals surface area contributed by atoms with Crippen LogP contribution in [0.3, 0.4) is 0 Å². The van der Waals surface area contributed by atoms with Gasteiger partial charge >= 0.3 is 0 Å². The Hall–Kier alpha value is -1.61. The summed E-state index contributed by atoms with van der Waals surface area (Å²) in [4.78, 5) is 3.15. The van der Waals surface area contributed by atoms with Crippen LogP contribution in [0, 0.1) is 4.64 Å². The Morgan fingerprint density at radius 1 is 1.12 bits per heavy atom. The molecule has 2 aromatic rings. The summed E-state index contributed by atoms with van der Waals surface area (Å²) < 4.78 is 6.13.